The van der Waals surface area contributed by atoms with Crippen molar-refractivity contribution in [2.45, 2.75) is 25.3 Å². The third kappa shape index (κ3) is 5.38. The molecule has 3 unspecified atom stereocenters. The molecule has 29 heavy (non-hydrogen) atoms. The van der Waals surface area contributed by atoms with Crippen LogP contribution in [0.2, 0.25) is 0 Å². The van der Waals surface area contributed by atoms with Crippen molar-refractivity contribution >= 4 is 17.3 Å². The van der Waals surface area contributed by atoms with Gasteiger partial charge >= 0.3 is 0 Å². The zero-order chi connectivity index (χ0) is 20.1. The Bertz CT molecular complexity index is 800. The summed E-state index contributed by atoms with van der Waals surface area (Å²) in [6.45, 7) is 7.60. The van der Waals surface area contributed by atoms with E-state index in [0.29, 0.717) is 17.9 Å². The maximum Gasteiger partial charge on any atom is 0.191 e. The number of aliphatic imine (C=N–C) groups is 1. The van der Waals surface area contributed by atoms with E-state index in [1.54, 1.807) is 0 Å². The molecule has 3 atom stereocenters. The molecule has 0 spiro atoms. The second-order valence-corrected chi connectivity index (χ2v) is 9.28. The van der Waals surface area contributed by atoms with E-state index in [-0.39, 0.29) is 0 Å². The summed E-state index contributed by atoms with van der Waals surface area (Å²) in [5.41, 5.74) is 1.46. The van der Waals surface area contributed by atoms with Crippen LogP contribution in [0.25, 0.3) is 0 Å². The molecule has 2 fully saturated rings. The first-order valence-electron chi connectivity index (χ1n) is 10.6. The Morgan fingerprint density at radius 2 is 1.97 bits per heavy atom. The molecule has 2 heterocycles. The lowest BCUT2D eigenvalue weighted by Crippen LogP contribution is -2.46. The van der Waals surface area contributed by atoms with Gasteiger partial charge in [0.25, 0.3) is 0 Å². The summed E-state index contributed by atoms with van der Waals surface area (Å²) < 4.78 is 5.56. The van der Waals surface area contributed by atoms with E-state index in [9.17, 15) is 0 Å². The van der Waals surface area contributed by atoms with Crippen LogP contribution < -0.4 is 10.6 Å². The number of rotatable bonds is 7. The van der Waals surface area contributed by atoms with E-state index in [4.69, 9.17) is 4.74 Å². The molecular weight excluding hydrogens is 380 g/mol. The smallest absolute Gasteiger partial charge is 0.191 e. The standard InChI is InChI=1S/C23H32N4OS/c1-17-8-9-22(29-17)21(27-10-12-28-13-11-27)16-26-23(24-2)25-15-19-14-20(19)18-6-4-3-5-7-18/h3-9,19-21H,10-16H2,1-2H3,(H2,24,25,26). The fourth-order valence-corrected chi connectivity index (χ4v) is 5.17. The van der Waals surface area contributed by atoms with Crippen LogP contribution in [0.1, 0.15) is 33.7 Å². The minimum absolute atomic E-state index is 0.356. The average molecular weight is 413 g/mol. The highest BCUT2D eigenvalue weighted by Crippen LogP contribution is 2.46. The number of hydrogen-bond donors (Lipinski definition) is 2. The molecule has 6 heteroatoms. The van der Waals surface area contributed by atoms with Crippen LogP contribution in [0.3, 0.4) is 0 Å². The van der Waals surface area contributed by atoms with Crippen LogP contribution in [0.15, 0.2) is 47.5 Å². The van der Waals surface area contributed by atoms with Gasteiger partial charge in [0.1, 0.15) is 0 Å². The fraction of sp³-hybridized carbons (Fsp3) is 0.522. The maximum absolute atomic E-state index is 5.56. The van der Waals surface area contributed by atoms with Gasteiger partial charge in [0.2, 0.25) is 0 Å². The molecule has 4 rings (SSSR count). The number of nitrogens with one attached hydrogen (secondary N) is 2. The second-order valence-electron chi connectivity index (χ2n) is 7.96. The van der Waals surface area contributed by atoms with E-state index in [1.165, 1.54) is 21.7 Å². The van der Waals surface area contributed by atoms with Crippen molar-refractivity contribution < 1.29 is 4.74 Å². The number of morpholine rings is 1. The van der Waals surface area contributed by atoms with Gasteiger partial charge in [-0.1, -0.05) is 30.3 Å². The van der Waals surface area contributed by atoms with Crippen LogP contribution in [-0.2, 0) is 4.74 Å². The summed E-state index contributed by atoms with van der Waals surface area (Å²) in [5.74, 6) is 2.29. The first kappa shape index (κ1) is 20.4. The molecule has 1 saturated carbocycles. The number of aryl methyl sites for hydroxylation is 1. The SMILES string of the molecule is CN=C(NCC1CC1c1ccccc1)NCC(c1ccc(C)s1)N1CCOCC1. The molecule has 1 saturated heterocycles. The first-order valence-corrected chi connectivity index (χ1v) is 11.4. The topological polar surface area (TPSA) is 48.9 Å². The van der Waals surface area contributed by atoms with Crippen LogP contribution >= 0.6 is 11.3 Å². The normalized spacial score (nSPS) is 23.6. The third-order valence-corrected chi connectivity index (χ3v) is 7.05. The van der Waals surface area contributed by atoms with Gasteiger partial charge in [-0.05, 0) is 42.9 Å². The van der Waals surface area contributed by atoms with Crippen molar-refractivity contribution in [3.63, 3.8) is 0 Å². The molecule has 5 nitrogen and oxygen atoms in total. The predicted octanol–water partition coefficient (Wildman–Crippen LogP) is 3.40. The fourth-order valence-electron chi connectivity index (χ4n) is 4.15. The minimum atomic E-state index is 0.356. The highest BCUT2D eigenvalue weighted by Gasteiger charge is 2.37. The summed E-state index contributed by atoms with van der Waals surface area (Å²) in [4.78, 5) is 9.76. The molecule has 0 radical (unpaired) electrons. The van der Waals surface area contributed by atoms with Crippen LogP contribution in [0.4, 0.5) is 0 Å². The van der Waals surface area contributed by atoms with E-state index in [0.717, 1.165) is 45.4 Å². The van der Waals surface area contributed by atoms with Crippen molar-refractivity contribution in [3.05, 3.63) is 57.8 Å². The van der Waals surface area contributed by atoms with Gasteiger partial charge in [-0.2, -0.15) is 0 Å². The molecule has 1 aliphatic heterocycles. The van der Waals surface area contributed by atoms with Gasteiger partial charge in [0, 0.05) is 43.0 Å². The number of thiophene rings is 1. The van der Waals surface area contributed by atoms with Gasteiger partial charge in [-0.25, -0.2) is 0 Å². The molecule has 1 aromatic carbocycles. The molecule has 156 valence electrons. The van der Waals surface area contributed by atoms with Gasteiger partial charge in [0.15, 0.2) is 5.96 Å². The van der Waals surface area contributed by atoms with E-state index >= 15 is 0 Å². The van der Waals surface area contributed by atoms with Crippen molar-refractivity contribution in [1.29, 1.82) is 0 Å². The summed E-state index contributed by atoms with van der Waals surface area (Å²) >= 11 is 1.89. The van der Waals surface area contributed by atoms with Crippen LogP contribution in [-0.4, -0.2) is 57.3 Å². The van der Waals surface area contributed by atoms with Crippen molar-refractivity contribution in [2.24, 2.45) is 10.9 Å². The number of benzene rings is 1. The Morgan fingerprint density at radius 3 is 2.66 bits per heavy atom. The lowest BCUT2D eigenvalue weighted by molar-refractivity contribution is 0.0177. The largest absolute Gasteiger partial charge is 0.379 e. The zero-order valence-electron chi connectivity index (χ0n) is 17.4. The summed E-state index contributed by atoms with van der Waals surface area (Å²) in [5, 5.41) is 7.12. The Hall–Kier alpha value is -1.89. The number of nitrogens with zero attached hydrogens (tertiary/aromatic N) is 2. The molecular formula is C23H32N4OS. The van der Waals surface area contributed by atoms with E-state index in [2.05, 4.69) is 69.9 Å². The van der Waals surface area contributed by atoms with E-state index in [1.807, 2.05) is 18.4 Å². The van der Waals surface area contributed by atoms with Crippen LogP contribution in [0, 0.1) is 12.8 Å². The van der Waals surface area contributed by atoms with Gasteiger partial charge in [-0.15, -0.1) is 11.3 Å². The summed E-state index contributed by atoms with van der Waals surface area (Å²) in [6.07, 6.45) is 1.26. The lowest BCUT2D eigenvalue weighted by Gasteiger charge is -2.34. The number of ether oxygens (including phenoxy) is 1. The Morgan fingerprint density at radius 1 is 1.17 bits per heavy atom. The Kier molecular flexibility index (Phi) is 6.85. The second kappa shape index (κ2) is 9.74. The Balaban J connectivity index is 1.30. The zero-order valence-corrected chi connectivity index (χ0v) is 18.3. The van der Waals surface area contributed by atoms with Crippen molar-refractivity contribution in [1.82, 2.24) is 15.5 Å². The molecule has 2 aliphatic rings. The van der Waals surface area contributed by atoms with Crippen molar-refractivity contribution in [2.75, 3.05) is 46.4 Å². The van der Waals surface area contributed by atoms with Gasteiger partial charge < -0.3 is 15.4 Å². The van der Waals surface area contributed by atoms with Crippen molar-refractivity contribution in [3.8, 4) is 0 Å². The number of guanidine groups is 1. The van der Waals surface area contributed by atoms with E-state index < -0.39 is 0 Å². The summed E-state index contributed by atoms with van der Waals surface area (Å²) in [6, 6.07) is 15.7. The molecule has 0 bridgehead atoms. The Labute approximate surface area is 178 Å². The summed E-state index contributed by atoms with van der Waals surface area (Å²) in [7, 11) is 1.86. The molecule has 2 aromatic rings. The molecule has 0 amide bonds. The highest BCUT2D eigenvalue weighted by molar-refractivity contribution is 7.12. The quantitative estimate of drug-likeness (QED) is 0.541. The first-order chi connectivity index (χ1) is 14.2. The molecule has 1 aromatic heterocycles. The third-order valence-electron chi connectivity index (χ3n) is 5.94. The predicted molar refractivity (Wildman–Crippen MR) is 121 cm³/mol. The molecule has 2 N–H and O–H groups in total. The lowest BCUT2D eigenvalue weighted by atomic mass is 10.1. The maximum atomic E-state index is 5.56. The number of hydrogen-bond acceptors (Lipinski definition) is 4. The minimum Gasteiger partial charge on any atom is -0.379 e. The van der Waals surface area contributed by atoms with Gasteiger partial charge in [0.05, 0.1) is 19.3 Å². The highest BCUT2D eigenvalue weighted by atomic mass is 32.1. The van der Waals surface area contributed by atoms with Gasteiger partial charge in [-0.3, -0.25) is 9.89 Å². The molecule has 1 aliphatic carbocycles. The van der Waals surface area contributed by atoms with Crippen LogP contribution in [0.5, 0.6) is 0 Å². The average Bonchev–Trinajstić information content (AvgIpc) is 3.43. The monoisotopic (exact) mass is 412 g/mol.